The summed E-state index contributed by atoms with van der Waals surface area (Å²) in [5.41, 5.74) is 6.45. The van der Waals surface area contributed by atoms with E-state index in [9.17, 15) is 9.18 Å². The molecular weight excluding hydrogens is 315 g/mol. The van der Waals surface area contributed by atoms with Crippen LogP contribution in [0.3, 0.4) is 0 Å². The van der Waals surface area contributed by atoms with Gasteiger partial charge in [0.25, 0.3) is 0 Å². The summed E-state index contributed by atoms with van der Waals surface area (Å²) < 4.78 is 19.9. The smallest absolute Gasteiger partial charge is 0.244 e. The number of hydrogen-bond donors (Lipinski definition) is 1. The third-order valence-electron chi connectivity index (χ3n) is 3.93. The molecule has 0 bridgehead atoms. The fourth-order valence-electron chi connectivity index (χ4n) is 2.65. The first-order valence-corrected chi connectivity index (χ1v) is 7.77. The van der Waals surface area contributed by atoms with Crippen molar-refractivity contribution >= 4 is 11.9 Å². The van der Waals surface area contributed by atoms with Crippen molar-refractivity contribution in [2.45, 2.75) is 32.0 Å². The van der Waals surface area contributed by atoms with Gasteiger partial charge in [0.05, 0.1) is 6.10 Å². The van der Waals surface area contributed by atoms with Gasteiger partial charge < -0.3 is 15.4 Å². The number of anilines is 1. The third-order valence-corrected chi connectivity index (χ3v) is 3.93. The molecular formula is C15H19FN6O2. The summed E-state index contributed by atoms with van der Waals surface area (Å²) in [6.45, 7) is 1.50. The number of aromatic nitrogens is 4. The Bertz CT molecular complexity index is 684. The monoisotopic (exact) mass is 334 g/mol. The lowest BCUT2D eigenvalue weighted by Gasteiger charge is -2.25. The quantitative estimate of drug-likeness (QED) is 0.830. The molecule has 9 heteroatoms. The summed E-state index contributed by atoms with van der Waals surface area (Å²) in [7, 11) is 0. The Labute approximate surface area is 138 Å². The zero-order chi connectivity index (χ0) is 16.9. The predicted octanol–water partition coefficient (Wildman–Crippen LogP) is 0.602. The average molecular weight is 334 g/mol. The number of benzene rings is 1. The second kappa shape index (κ2) is 7.35. The first-order valence-electron chi connectivity index (χ1n) is 7.77. The zero-order valence-electron chi connectivity index (χ0n) is 13.1. The molecule has 0 aliphatic carbocycles. The lowest BCUT2D eigenvalue weighted by molar-refractivity contribution is -0.134. The maximum Gasteiger partial charge on any atom is 0.244 e. The Kier molecular flexibility index (Phi) is 4.99. The van der Waals surface area contributed by atoms with E-state index in [1.54, 1.807) is 17.0 Å². The highest BCUT2D eigenvalue weighted by molar-refractivity contribution is 5.76. The minimum atomic E-state index is -0.308. The van der Waals surface area contributed by atoms with Crippen molar-refractivity contribution < 1.29 is 13.9 Å². The number of hydrogen-bond acceptors (Lipinski definition) is 6. The van der Waals surface area contributed by atoms with E-state index in [1.165, 1.54) is 16.8 Å². The van der Waals surface area contributed by atoms with E-state index in [2.05, 4.69) is 15.5 Å². The number of carbonyl (C=O) groups excluding carboxylic acids is 1. The molecule has 1 aromatic heterocycles. The van der Waals surface area contributed by atoms with Crippen LogP contribution in [0, 0.1) is 5.82 Å². The fraction of sp³-hybridized carbons (Fsp3) is 0.467. The standard InChI is InChI=1S/C15H19FN6O2/c16-12-5-3-11(4-6-12)8-21(9-13-2-1-7-24-13)14(23)10-22-15(17)18-19-20-22/h3-6,13H,1-2,7-10H2,(H2,17,18,20)/t13-/m1/s1. The fourth-order valence-corrected chi connectivity index (χ4v) is 2.65. The largest absolute Gasteiger partial charge is 0.376 e. The Morgan fingerprint density at radius 1 is 1.42 bits per heavy atom. The van der Waals surface area contributed by atoms with Crippen molar-refractivity contribution in [2.24, 2.45) is 0 Å². The highest BCUT2D eigenvalue weighted by Gasteiger charge is 2.23. The number of ether oxygens (including phenoxy) is 1. The van der Waals surface area contributed by atoms with Gasteiger partial charge in [0.1, 0.15) is 12.4 Å². The van der Waals surface area contributed by atoms with Gasteiger partial charge in [-0.2, -0.15) is 0 Å². The van der Waals surface area contributed by atoms with Gasteiger partial charge in [-0.25, -0.2) is 9.07 Å². The van der Waals surface area contributed by atoms with E-state index in [-0.39, 0.29) is 30.3 Å². The third kappa shape index (κ3) is 4.05. The lowest BCUT2D eigenvalue weighted by Crippen LogP contribution is -2.39. The lowest BCUT2D eigenvalue weighted by atomic mass is 10.1. The van der Waals surface area contributed by atoms with Crippen molar-refractivity contribution in [3.63, 3.8) is 0 Å². The molecule has 2 aromatic rings. The maximum atomic E-state index is 13.1. The van der Waals surface area contributed by atoms with Crippen LogP contribution in [0.1, 0.15) is 18.4 Å². The summed E-state index contributed by atoms with van der Waals surface area (Å²) in [4.78, 5) is 14.3. The first kappa shape index (κ1) is 16.3. The normalized spacial score (nSPS) is 17.1. The van der Waals surface area contributed by atoms with E-state index < -0.39 is 0 Å². The minimum absolute atomic E-state index is 0.0145. The van der Waals surface area contributed by atoms with Gasteiger partial charge in [0.2, 0.25) is 11.9 Å². The van der Waals surface area contributed by atoms with Crippen LogP contribution in [0.4, 0.5) is 10.3 Å². The summed E-state index contributed by atoms with van der Waals surface area (Å²) >= 11 is 0. The van der Waals surface area contributed by atoms with Crippen LogP contribution in [0.25, 0.3) is 0 Å². The number of carbonyl (C=O) groups is 1. The number of tetrazole rings is 1. The highest BCUT2D eigenvalue weighted by atomic mass is 19.1. The van der Waals surface area contributed by atoms with Crippen LogP contribution in [-0.4, -0.2) is 50.3 Å². The molecule has 1 amide bonds. The number of nitrogen functional groups attached to an aromatic ring is 1. The molecule has 0 unspecified atom stereocenters. The van der Waals surface area contributed by atoms with Crippen LogP contribution < -0.4 is 5.73 Å². The molecule has 128 valence electrons. The minimum Gasteiger partial charge on any atom is -0.376 e. The summed E-state index contributed by atoms with van der Waals surface area (Å²) in [5.74, 6) is -0.395. The zero-order valence-corrected chi connectivity index (χ0v) is 13.1. The van der Waals surface area contributed by atoms with Crippen LogP contribution in [-0.2, 0) is 22.6 Å². The van der Waals surface area contributed by atoms with Crippen LogP contribution in [0.5, 0.6) is 0 Å². The van der Waals surface area contributed by atoms with Gasteiger partial charge in [-0.15, -0.1) is 0 Å². The number of rotatable bonds is 6. The molecule has 8 nitrogen and oxygen atoms in total. The topological polar surface area (TPSA) is 99.2 Å². The molecule has 1 atom stereocenters. The molecule has 0 radical (unpaired) electrons. The van der Waals surface area contributed by atoms with Gasteiger partial charge in [0.15, 0.2) is 0 Å². The Morgan fingerprint density at radius 3 is 2.83 bits per heavy atom. The van der Waals surface area contributed by atoms with Crippen LogP contribution >= 0.6 is 0 Å². The number of halogens is 1. The highest BCUT2D eigenvalue weighted by Crippen LogP contribution is 2.16. The van der Waals surface area contributed by atoms with Gasteiger partial charge >= 0.3 is 0 Å². The summed E-state index contributed by atoms with van der Waals surface area (Å²) in [6, 6.07) is 6.08. The Morgan fingerprint density at radius 2 is 2.21 bits per heavy atom. The molecule has 3 rings (SSSR count). The SMILES string of the molecule is Nc1nnnn1CC(=O)N(Cc1ccc(F)cc1)C[C@H]1CCCO1. The number of nitrogens with two attached hydrogens (primary N) is 1. The van der Waals surface area contributed by atoms with E-state index in [4.69, 9.17) is 10.5 Å². The van der Waals surface area contributed by atoms with Gasteiger partial charge in [-0.05, 0) is 41.0 Å². The Hall–Kier alpha value is -2.55. The van der Waals surface area contributed by atoms with Gasteiger partial charge in [-0.3, -0.25) is 4.79 Å². The predicted molar refractivity (Wildman–Crippen MR) is 83.0 cm³/mol. The van der Waals surface area contributed by atoms with Crippen molar-refractivity contribution in [2.75, 3.05) is 18.9 Å². The van der Waals surface area contributed by atoms with Gasteiger partial charge in [-0.1, -0.05) is 17.2 Å². The van der Waals surface area contributed by atoms with Crippen molar-refractivity contribution in [3.8, 4) is 0 Å². The van der Waals surface area contributed by atoms with E-state index in [0.717, 1.165) is 18.4 Å². The molecule has 1 aliphatic heterocycles. The van der Waals surface area contributed by atoms with Crippen LogP contribution in [0.2, 0.25) is 0 Å². The summed E-state index contributed by atoms with van der Waals surface area (Å²) in [5, 5.41) is 10.7. The molecule has 1 aromatic carbocycles. The van der Waals surface area contributed by atoms with E-state index in [1.807, 2.05) is 0 Å². The van der Waals surface area contributed by atoms with Gasteiger partial charge in [0, 0.05) is 19.7 Å². The Balaban J connectivity index is 1.71. The summed E-state index contributed by atoms with van der Waals surface area (Å²) in [6.07, 6.45) is 1.92. The molecule has 24 heavy (non-hydrogen) atoms. The molecule has 2 heterocycles. The molecule has 0 spiro atoms. The number of nitrogens with zero attached hydrogens (tertiary/aromatic N) is 5. The second-order valence-electron chi connectivity index (χ2n) is 5.73. The first-order chi connectivity index (χ1) is 11.6. The van der Waals surface area contributed by atoms with E-state index in [0.29, 0.717) is 19.7 Å². The maximum absolute atomic E-state index is 13.1. The molecule has 1 aliphatic rings. The average Bonchev–Trinajstić information content (AvgIpc) is 3.21. The molecule has 0 saturated carbocycles. The van der Waals surface area contributed by atoms with E-state index >= 15 is 0 Å². The number of amides is 1. The van der Waals surface area contributed by atoms with Crippen molar-refractivity contribution in [3.05, 3.63) is 35.6 Å². The molecule has 1 fully saturated rings. The second-order valence-corrected chi connectivity index (χ2v) is 5.73. The van der Waals surface area contributed by atoms with Crippen molar-refractivity contribution in [1.29, 1.82) is 0 Å². The molecule has 1 saturated heterocycles. The van der Waals surface area contributed by atoms with Crippen LogP contribution in [0.15, 0.2) is 24.3 Å². The molecule has 2 N–H and O–H groups in total. The van der Waals surface area contributed by atoms with Crippen molar-refractivity contribution in [1.82, 2.24) is 25.1 Å².